The third-order valence-corrected chi connectivity index (χ3v) is 7.67. The molecule has 5 rings (SSSR count). The van der Waals surface area contributed by atoms with Crippen molar-refractivity contribution in [2.24, 2.45) is 0 Å². The second kappa shape index (κ2) is 10.3. The first-order valence-electron chi connectivity index (χ1n) is 13.3. The van der Waals surface area contributed by atoms with Crippen LogP contribution in [0.4, 0.5) is 10.6 Å². The molecule has 0 radical (unpaired) electrons. The van der Waals surface area contributed by atoms with Gasteiger partial charge in [-0.1, -0.05) is 0 Å². The van der Waals surface area contributed by atoms with Gasteiger partial charge in [0.1, 0.15) is 17.4 Å². The Hall–Kier alpha value is -2.39. The van der Waals surface area contributed by atoms with Crippen molar-refractivity contribution in [3.05, 3.63) is 24.2 Å². The molecule has 1 saturated carbocycles. The molecule has 2 saturated heterocycles. The summed E-state index contributed by atoms with van der Waals surface area (Å²) < 4.78 is 13.1. The van der Waals surface area contributed by atoms with Gasteiger partial charge in [-0.2, -0.15) is 5.10 Å². The van der Waals surface area contributed by atoms with Crippen molar-refractivity contribution >= 4 is 17.4 Å². The van der Waals surface area contributed by atoms with Crippen molar-refractivity contribution in [3.8, 4) is 0 Å². The normalized spacial score (nSPS) is 25.1. The van der Waals surface area contributed by atoms with Crippen LogP contribution in [-0.2, 0) is 9.47 Å². The van der Waals surface area contributed by atoms with Crippen molar-refractivity contribution in [1.29, 1.82) is 0 Å². The number of nitrogens with zero attached hydrogens (tertiary/aromatic N) is 5. The highest BCUT2D eigenvalue weighted by molar-refractivity contribution is 5.73. The first-order chi connectivity index (χ1) is 16.9. The maximum Gasteiger partial charge on any atom is 0.410 e. The van der Waals surface area contributed by atoms with E-state index in [9.17, 15) is 4.79 Å². The van der Waals surface area contributed by atoms with Crippen LogP contribution in [0.1, 0.15) is 70.8 Å². The first-order valence-corrected chi connectivity index (χ1v) is 13.3. The molecule has 192 valence electrons. The molecule has 2 aromatic rings. The minimum Gasteiger partial charge on any atom is -0.444 e. The van der Waals surface area contributed by atoms with E-state index in [1.165, 1.54) is 18.4 Å². The zero-order chi connectivity index (χ0) is 24.4. The largest absolute Gasteiger partial charge is 0.444 e. The fraction of sp³-hybridized carbons (Fsp3) is 0.731. The average Bonchev–Trinajstić information content (AvgIpc) is 3.30. The van der Waals surface area contributed by atoms with Crippen molar-refractivity contribution in [2.75, 3.05) is 44.7 Å². The molecule has 3 fully saturated rings. The lowest BCUT2D eigenvalue weighted by molar-refractivity contribution is 0.00806. The second-order valence-corrected chi connectivity index (χ2v) is 11.2. The highest BCUT2D eigenvalue weighted by Gasteiger charge is 2.31. The van der Waals surface area contributed by atoms with Gasteiger partial charge >= 0.3 is 6.09 Å². The number of carbonyl (C=O) groups is 1. The summed E-state index contributed by atoms with van der Waals surface area (Å²) in [6.07, 6.45) is 10.2. The van der Waals surface area contributed by atoms with Crippen LogP contribution in [-0.4, -0.2) is 87.6 Å². The quantitative estimate of drug-likeness (QED) is 0.705. The lowest BCUT2D eigenvalue weighted by atomic mass is 9.89. The maximum atomic E-state index is 12.4. The van der Waals surface area contributed by atoms with Gasteiger partial charge in [-0.25, -0.2) is 14.3 Å². The fourth-order valence-corrected chi connectivity index (χ4v) is 5.80. The number of nitrogens with one attached hydrogen (secondary N) is 1. The summed E-state index contributed by atoms with van der Waals surface area (Å²) in [6.45, 7) is 10.8. The van der Waals surface area contributed by atoms with Gasteiger partial charge in [-0.15, -0.1) is 0 Å². The Balaban J connectivity index is 1.15. The summed E-state index contributed by atoms with van der Waals surface area (Å²) in [5, 5.41) is 8.22. The van der Waals surface area contributed by atoms with Gasteiger partial charge in [0.15, 0.2) is 5.82 Å². The number of piperazine rings is 1. The van der Waals surface area contributed by atoms with Gasteiger partial charge in [0.25, 0.3) is 0 Å². The third-order valence-electron chi connectivity index (χ3n) is 7.67. The van der Waals surface area contributed by atoms with Crippen LogP contribution in [0, 0.1) is 0 Å². The van der Waals surface area contributed by atoms with Crippen LogP contribution in [0.3, 0.4) is 0 Å². The Labute approximate surface area is 208 Å². The monoisotopic (exact) mass is 484 g/mol. The van der Waals surface area contributed by atoms with E-state index in [1.807, 2.05) is 30.2 Å². The Morgan fingerprint density at radius 1 is 1.06 bits per heavy atom. The predicted octanol–water partition coefficient (Wildman–Crippen LogP) is 3.90. The van der Waals surface area contributed by atoms with E-state index in [0.717, 1.165) is 76.4 Å². The van der Waals surface area contributed by atoms with E-state index in [2.05, 4.69) is 32.6 Å². The predicted molar refractivity (Wildman–Crippen MR) is 135 cm³/mol. The number of hydrogen-bond acceptors (Lipinski definition) is 7. The Morgan fingerprint density at radius 2 is 1.77 bits per heavy atom. The average molecular weight is 485 g/mol. The Bertz CT molecular complexity index is 996. The number of amides is 1. The summed E-state index contributed by atoms with van der Waals surface area (Å²) in [7, 11) is 0. The van der Waals surface area contributed by atoms with E-state index >= 15 is 0 Å². The zero-order valence-electron chi connectivity index (χ0n) is 21.4. The topological polar surface area (TPSA) is 84.2 Å². The zero-order valence-corrected chi connectivity index (χ0v) is 21.4. The van der Waals surface area contributed by atoms with Crippen LogP contribution in [0.25, 0.3) is 5.52 Å². The molecular formula is C26H40N6O3. The molecule has 0 aromatic carbocycles. The van der Waals surface area contributed by atoms with E-state index in [0.29, 0.717) is 18.0 Å². The fourth-order valence-electron chi connectivity index (χ4n) is 5.80. The maximum absolute atomic E-state index is 12.4. The summed E-state index contributed by atoms with van der Waals surface area (Å²) in [5.41, 5.74) is 2.02. The summed E-state index contributed by atoms with van der Waals surface area (Å²) in [4.78, 5) is 21.4. The second-order valence-electron chi connectivity index (χ2n) is 11.2. The standard InChI is InChI=1S/C26H40N6O3/c1-26(2,3)35-25(33)31-14-12-30(13-15-31)21-6-4-20(5-7-21)29-24-23-22(19-9-16-34-17-10-19)8-11-32(23)28-18-27-24/h8,11,18-21H,4-7,9-10,12-17H2,1-3H3,(H,27,28,29)/t20-,21-. The first kappa shape index (κ1) is 24.3. The molecule has 0 unspecified atom stereocenters. The molecule has 2 aromatic heterocycles. The number of fused-ring (bicyclic) bond motifs is 1. The van der Waals surface area contributed by atoms with Gasteiger partial charge in [-0.3, -0.25) is 4.90 Å². The van der Waals surface area contributed by atoms with Crippen molar-refractivity contribution < 1.29 is 14.3 Å². The molecule has 9 heteroatoms. The molecule has 1 amide bonds. The lowest BCUT2D eigenvalue weighted by Gasteiger charge is -2.42. The molecule has 0 atom stereocenters. The highest BCUT2D eigenvalue weighted by atomic mass is 16.6. The molecular weight excluding hydrogens is 444 g/mol. The minimum atomic E-state index is -0.443. The van der Waals surface area contributed by atoms with Crippen LogP contribution in [0.5, 0.6) is 0 Å². The third kappa shape index (κ3) is 5.72. The molecule has 35 heavy (non-hydrogen) atoms. The number of aromatic nitrogens is 3. The number of rotatable bonds is 4. The minimum absolute atomic E-state index is 0.188. The molecule has 9 nitrogen and oxygen atoms in total. The summed E-state index contributed by atoms with van der Waals surface area (Å²) >= 11 is 0. The van der Waals surface area contributed by atoms with Crippen molar-refractivity contribution in [1.82, 2.24) is 24.4 Å². The number of ether oxygens (including phenoxy) is 2. The number of carbonyl (C=O) groups excluding carboxylic acids is 1. The Kier molecular flexibility index (Phi) is 7.16. The van der Waals surface area contributed by atoms with Gasteiger partial charge in [0, 0.05) is 57.7 Å². The highest BCUT2D eigenvalue weighted by Crippen LogP contribution is 2.34. The molecule has 0 spiro atoms. The Morgan fingerprint density at radius 3 is 2.46 bits per heavy atom. The van der Waals surface area contributed by atoms with Gasteiger partial charge in [0.2, 0.25) is 0 Å². The van der Waals surface area contributed by atoms with E-state index in [1.54, 1.807) is 6.33 Å². The van der Waals surface area contributed by atoms with Crippen molar-refractivity contribution in [3.63, 3.8) is 0 Å². The van der Waals surface area contributed by atoms with Gasteiger partial charge in [-0.05, 0) is 76.8 Å². The van der Waals surface area contributed by atoms with Crippen LogP contribution in [0.15, 0.2) is 18.6 Å². The lowest BCUT2D eigenvalue weighted by Crippen LogP contribution is -2.53. The van der Waals surface area contributed by atoms with Crippen LogP contribution in [0.2, 0.25) is 0 Å². The van der Waals surface area contributed by atoms with Gasteiger partial charge < -0.3 is 19.7 Å². The summed E-state index contributed by atoms with van der Waals surface area (Å²) in [5.74, 6) is 1.47. The molecule has 2 aliphatic heterocycles. The number of hydrogen-bond donors (Lipinski definition) is 1. The molecule has 1 aliphatic carbocycles. The van der Waals surface area contributed by atoms with Gasteiger partial charge in [0.05, 0.1) is 0 Å². The van der Waals surface area contributed by atoms with Crippen LogP contribution < -0.4 is 5.32 Å². The summed E-state index contributed by atoms with van der Waals surface area (Å²) in [6, 6.07) is 3.22. The number of anilines is 1. The van der Waals surface area contributed by atoms with E-state index < -0.39 is 5.60 Å². The molecule has 1 N–H and O–H groups in total. The van der Waals surface area contributed by atoms with Crippen LogP contribution >= 0.6 is 0 Å². The van der Waals surface area contributed by atoms with Crippen molar-refractivity contribution in [2.45, 2.75) is 82.9 Å². The van der Waals surface area contributed by atoms with E-state index in [4.69, 9.17) is 9.47 Å². The molecule has 3 aliphatic rings. The molecule has 0 bridgehead atoms. The SMILES string of the molecule is CC(C)(C)OC(=O)N1CCN([C@H]2CC[C@H](Nc3ncnn4ccc(C5CCOCC5)c34)CC2)CC1. The molecule has 4 heterocycles. The van der Waals surface area contributed by atoms with E-state index in [-0.39, 0.29) is 6.09 Å². The smallest absolute Gasteiger partial charge is 0.410 e.